The highest BCUT2D eigenvalue weighted by molar-refractivity contribution is 9.10. The first-order valence-corrected chi connectivity index (χ1v) is 9.77. The van der Waals surface area contributed by atoms with Gasteiger partial charge in [-0.3, -0.25) is 14.4 Å². The number of ether oxygens (including phenoxy) is 1. The molecule has 2 aromatic rings. The molecule has 0 fully saturated rings. The molecule has 0 aliphatic carbocycles. The first-order valence-electron chi connectivity index (χ1n) is 8.97. The number of carbonyl (C=O) groups is 3. The van der Waals surface area contributed by atoms with E-state index in [1.54, 1.807) is 18.2 Å². The van der Waals surface area contributed by atoms with Gasteiger partial charge in [-0.1, -0.05) is 40.5 Å². The zero-order valence-corrected chi connectivity index (χ0v) is 17.5. The molecule has 28 heavy (non-hydrogen) atoms. The Morgan fingerprint density at radius 2 is 1.68 bits per heavy atom. The van der Waals surface area contributed by atoms with E-state index < -0.39 is 18.5 Å². The average molecular weight is 447 g/mol. The van der Waals surface area contributed by atoms with Crippen LogP contribution in [-0.4, -0.2) is 24.4 Å². The monoisotopic (exact) mass is 446 g/mol. The van der Waals surface area contributed by atoms with Crippen molar-refractivity contribution >= 4 is 45.1 Å². The topological polar surface area (TPSA) is 84.5 Å². The van der Waals surface area contributed by atoms with Gasteiger partial charge in [0.15, 0.2) is 6.61 Å². The Labute approximate surface area is 172 Å². The minimum absolute atomic E-state index is 0.0129. The van der Waals surface area contributed by atoms with Crippen molar-refractivity contribution < 1.29 is 19.1 Å². The zero-order chi connectivity index (χ0) is 20.5. The maximum Gasteiger partial charge on any atom is 0.306 e. The molecule has 2 N–H and O–H groups in total. The van der Waals surface area contributed by atoms with Crippen molar-refractivity contribution in [3.05, 3.63) is 58.1 Å². The number of halogens is 1. The fourth-order valence-corrected chi connectivity index (χ4v) is 2.87. The maximum absolute atomic E-state index is 12.0. The smallest absolute Gasteiger partial charge is 0.306 e. The summed E-state index contributed by atoms with van der Waals surface area (Å²) in [6.07, 6.45) is 0.648. The molecular formula is C21H23BrN2O4. The van der Waals surface area contributed by atoms with Gasteiger partial charge in [0.05, 0.1) is 6.42 Å². The minimum Gasteiger partial charge on any atom is -0.456 e. The van der Waals surface area contributed by atoms with Gasteiger partial charge in [0.25, 0.3) is 5.91 Å². The number of esters is 1. The highest BCUT2D eigenvalue weighted by Crippen LogP contribution is 2.21. The van der Waals surface area contributed by atoms with Gasteiger partial charge >= 0.3 is 5.97 Å². The molecule has 6 nitrogen and oxygen atoms in total. The van der Waals surface area contributed by atoms with Gasteiger partial charge in [0.2, 0.25) is 5.91 Å². The second-order valence-corrected chi connectivity index (χ2v) is 7.19. The molecule has 2 rings (SSSR count). The van der Waals surface area contributed by atoms with Gasteiger partial charge in [0, 0.05) is 22.3 Å². The Morgan fingerprint density at radius 3 is 2.36 bits per heavy atom. The van der Waals surface area contributed by atoms with Gasteiger partial charge in [-0.2, -0.15) is 0 Å². The average Bonchev–Trinajstić information content (AvgIpc) is 2.68. The SMILES string of the molecule is CCc1cc(Br)ccc1NC(=O)COC(=O)CCC(=O)Nc1ccc(C)cc1. The van der Waals surface area contributed by atoms with Gasteiger partial charge in [-0.15, -0.1) is 0 Å². The molecule has 2 amide bonds. The summed E-state index contributed by atoms with van der Waals surface area (Å²) in [6.45, 7) is 3.55. The summed E-state index contributed by atoms with van der Waals surface area (Å²) in [7, 11) is 0. The van der Waals surface area contributed by atoms with Crippen molar-refractivity contribution in [2.24, 2.45) is 0 Å². The molecule has 0 unspecified atom stereocenters. The van der Waals surface area contributed by atoms with Crippen LogP contribution in [0.1, 0.15) is 30.9 Å². The predicted octanol–water partition coefficient (Wildman–Crippen LogP) is 4.22. The van der Waals surface area contributed by atoms with E-state index in [2.05, 4.69) is 26.6 Å². The molecule has 148 valence electrons. The molecular weight excluding hydrogens is 424 g/mol. The lowest BCUT2D eigenvalue weighted by molar-refractivity contribution is -0.147. The Kier molecular flexibility index (Phi) is 8.19. The molecule has 0 saturated carbocycles. The number of anilines is 2. The lowest BCUT2D eigenvalue weighted by atomic mass is 10.1. The van der Waals surface area contributed by atoms with Crippen LogP contribution in [0.25, 0.3) is 0 Å². The van der Waals surface area contributed by atoms with Crippen LogP contribution in [0, 0.1) is 6.92 Å². The van der Waals surface area contributed by atoms with Crippen LogP contribution in [0.15, 0.2) is 46.9 Å². The first kappa shape index (κ1) is 21.6. The lowest BCUT2D eigenvalue weighted by Crippen LogP contribution is -2.22. The van der Waals surface area contributed by atoms with Crippen LogP contribution >= 0.6 is 15.9 Å². The van der Waals surface area contributed by atoms with Crippen LogP contribution in [0.4, 0.5) is 11.4 Å². The van der Waals surface area contributed by atoms with Crippen molar-refractivity contribution in [3.63, 3.8) is 0 Å². The Hall–Kier alpha value is -2.67. The van der Waals surface area contributed by atoms with Crippen LogP contribution in [0.3, 0.4) is 0 Å². The van der Waals surface area contributed by atoms with Crippen molar-refractivity contribution in [3.8, 4) is 0 Å². The predicted molar refractivity (Wildman–Crippen MR) is 112 cm³/mol. The Morgan fingerprint density at radius 1 is 0.964 bits per heavy atom. The van der Waals surface area contributed by atoms with Gasteiger partial charge < -0.3 is 15.4 Å². The van der Waals surface area contributed by atoms with Gasteiger partial charge in [0.1, 0.15) is 0 Å². The molecule has 0 atom stereocenters. The molecule has 0 radical (unpaired) electrons. The van der Waals surface area contributed by atoms with Crippen LogP contribution in [0.5, 0.6) is 0 Å². The number of carbonyl (C=O) groups excluding carboxylic acids is 3. The molecule has 0 aromatic heterocycles. The third-order valence-electron chi connectivity index (χ3n) is 3.98. The number of benzene rings is 2. The summed E-state index contributed by atoms with van der Waals surface area (Å²) in [6, 6.07) is 12.9. The number of amides is 2. The fourth-order valence-electron chi connectivity index (χ4n) is 2.46. The summed E-state index contributed by atoms with van der Waals surface area (Å²) in [5, 5.41) is 5.44. The largest absolute Gasteiger partial charge is 0.456 e. The third kappa shape index (κ3) is 7.15. The third-order valence-corrected chi connectivity index (χ3v) is 4.47. The first-order chi connectivity index (χ1) is 13.4. The summed E-state index contributed by atoms with van der Waals surface area (Å²) >= 11 is 3.39. The lowest BCUT2D eigenvalue weighted by Gasteiger charge is -2.11. The maximum atomic E-state index is 12.0. The molecule has 0 saturated heterocycles. The van der Waals surface area contributed by atoms with E-state index in [4.69, 9.17) is 4.74 Å². The molecule has 0 aliphatic rings. The highest BCUT2D eigenvalue weighted by atomic mass is 79.9. The van der Waals surface area contributed by atoms with Crippen molar-refractivity contribution in [1.82, 2.24) is 0 Å². The van der Waals surface area contributed by atoms with Crippen molar-refractivity contribution in [2.75, 3.05) is 17.2 Å². The Bertz CT molecular complexity index is 850. The summed E-state index contributed by atoms with van der Waals surface area (Å²) in [5.74, 6) is -1.30. The van der Waals surface area contributed by atoms with Gasteiger partial charge in [-0.25, -0.2) is 0 Å². The van der Waals surface area contributed by atoms with E-state index in [1.807, 2.05) is 38.1 Å². The molecule has 7 heteroatoms. The summed E-state index contributed by atoms with van der Waals surface area (Å²) in [5.41, 5.74) is 3.42. The van der Waals surface area contributed by atoms with Crippen molar-refractivity contribution in [2.45, 2.75) is 33.1 Å². The molecule has 2 aromatic carbocycles. The van der Waals surface area contributed by atoms with Gasteiger partial charge in [-0.05, 0) is 49.2 Å². The number of hydrogen-bond acceptors (Lipinski definition) is 4. The normalized spacial score (nSPS) is 10.2. The van der Waals surface area contributed by atoms with E-state index in [0.29, 0.717) is 11.4 Å². The van der Waals surface area contributed by atoms with E-state index >= 15 is 0 Å². The quantitative estimate of drug-likeness (QED) is 0.594. The second kappa shape index (κ2) is 10.6. The number of rotatable bonds is 8. The molecule has 0 bridgehead atoms. The molecule has 0 aliphatic heterocycles. The van der Waals surface area contributed by atoms with E-state index in [1.165, 1.54) is 0 Å². The standard InChI is InChI=1S/C21H23BrN2O4/c1-3-15-12-16(22)6-9-18(15)24-20(26)13-28-21(27)11-10-19(25)23-17-7-4-14(2)5-8-17/h4-9,12H,3,10-11,13H2,1-2H3,(H,23,25)(H,24,26). The van der Waals surface area contributed by atoms with Crippen molar-refractivity contribution in [1.29, 1.82) is 0 Å². The number of nitrogens with one attached hydrogen (secondary N) is 2. The number of aryl methyl sites for hydroxylation is 2. The van der Waals surface area contributed by atoms with Crippen LogP contribution in [-0.2, 0) is 25.5 Å². The second-order valence-electron chi connectivity index (χ2n) is 6.28. The van der Waals surface area contributed by atoms with E-state index in [-0.39, 0.29) is 18.7 Å². The molecule has 0 spiro atoms. The summed E-state index contributed by atoms with van der Waals surface area (Å²) in [4.78, 5) is 35.7. The van der Waals surface area contributed by atoms with E-state index in [9.17, 15) is 14.4 Å². The van der Waals surface area contributed by atoms with E-state index in [0.717, 1.165) is 22.0 Å². The number of hydrogen-bond donors (Lipinski definition) is 2. The minimum atomic E-state index is -0.597. The zero-order valence-electron chi connectivity index (χ0n) is 15.9. The van der Waals surface area contributed by atoms with Crippen LogP contribution in [0.2, 0.25) is 0 Å². The Balaban J connectivity index is 1.72. The molecule has 0 heterocycles. The van der Waals surface area contributed by atoms with Crippen LogP contribution < -0.4 is 10.6 Å². The highest BCUT2D eigenvalue weighted by Gasteiger charge is 2.12. The fraction of sp³-hybridized carbons (Fsp3) is 0.286. The summed E-state index contributed by atoms with van der Waals surface area (Å²) < 4.78 is 5.88.